The summed E-state index contributed by atoms with van der Waals surface area (Å²) < 4.78 is 14.7. The highest BCUT2D eigenvalue weighted by Gasteiger charge is 2.37. The number of nitrogens with one attached hydrogen (secondary N) is 2. The molecule has 2 aromatic rings. The van der Waals surface area contributed by atoms with E-state index in [9.17, 15) is 23.6 Å². The number of halogens is 1. The number of carbonyl (C=O) groups excluding carboxylic acids is 4. The first-order valence-corrected chi connectivity index (χ1v) is 14.1. The highest BCUT2D eigenvalue weighted by Crippen LogP contribution is 2.23. The normalized spacial score (nSPS) is 20.8. The molecule has 0 saturated carbocycles. The lowest BCUT2D eigenvalue weighted by Crippen LogP contribution is -2.54. The zero-order chi connectivity index (χ0) is 29.7. The van der Waals surface area contributed by atoms with Crippen LogP contribution in [0.3, 0.4) is 0 Å². The summed E-state index contributed by atoms with van der Waals surface area (Å²) in [4.78, 5) is 62.6. The van der Waals surface area contributed by atoms with Crippen LogP contribution in [0.1, 0.15) is 59.4 Å². The van der Waals surface area contributed by atoms with Gasteiger partial charge in [-0.3, -0.25) is 19.2 Å². The van der Waals surface area contributed by atoms with Crippen LogP contribution in [0.5, 0.6) is 0 Å². The lowest BCUT2D eigenvalue weighted by atomic mass is 10.0. The van der Waals surface area contributed by atoms with Crippen molar-refractivity contribution in [2.24, 2.45) is 5.92 Å². The summed E-state index contributed by atoms with van der Waals surface area (Å²) >= 11 is 0. The third-order valence-corrected chi connectivity index (χ3v) is 7.67. The molecule has 2 atom stereocenters. The molecule has 0 aliphatic carbocycles. The largest absolute Gasteiger partial charge is 0.363 e. The highest BCUT2D eigenvalue weighted by molar-refractivity contribution is 5.99. The molecular weight excluding hydrogens is 527 g/mol. The van der Waals surface area contributed by atoms with Crippen LogP contribution < -0.4 is 15.5 Å². The Morgan fingerprint density at radius 3 is 2.59 bits per heavy atom. The first kappa shape index (κ1) is 30.0. The number of pyridine rings is 1. The van der Waals surface area contributed by atoms with Crippen LogP contribution in [0, 0.1) is 11.7 Å². The van der Waals surface area contributed by atoms with E-state index in [0.717, 1.165) is 5.56 Å². The first-order chi connectivity index (χ1) is 19.5. The number of carbonyl (C=O) groups is 4. The Kier molecular flexibility index (Phi) is 9.57. The number of rotatable bonds is 3. The number of benzene rings is 1. The van der Waals surface area contributed by atoms with Gasteiger partial charge < -0.3 is 25.3 Å². The summed E-state index contributed by atoms with van der Waals surface area (Å²) in [6, 6.07) is 6.59. The standard InChI is InChI=1S/C30H39FN6O4/c1-19(2)24-17-36(29(40)21-10-12-26(33-16-21)35(3)4)18-27(38)32-13-5-7-20-9-11-23(31)22(15-20)30(41)37-14-6-8-25(37)28(39)34-24/h9-12,15-16,19,24-25H,5-8,13-14,17-18H2,1-4H3,(H,32,38)(H,34,39)/t24-,25-/m0/s1. The predicted molar refractivity (Wildman–Crippen MR) is 153 cm³/mol. The molecular formula is C30H39FN6O4. The molecule has 0 spiro atoms. The van der Waals surface area contributed by atoms with Gasteiger partial charge in [-0.2, -0.15) is 0 Å². The number of nitrogens with zero attached hydrogens (tertiary/aromatic N) is 4. The molecule has 0 unspecified atom stereocenters. The van der Waals surface area contributed by atoms with Gasteiger partial charge in [0.1, 0.15) is 17.7 Å². The third-order valence-electron chi connectivity index (χ3n) is 7.67. The molecule has 0 radical (unpaired) electrons. The van der Waals surface area contributed by atoms with Crippen molar-refractivity contribution in [3.05, 3.63) is 59.0 Å². The van der Waals surface area contributed by atoms with Crippen molar-refractivity contribution < 1.29 is 23.6 Å². The number of aryl methyl sites for hydroxylation is 1. The van der Waals surface area contributed by atoms with Gasteiger partial charge in [-0.1, -0.05) is 19.9 Å². The topological polar surface area (TPSA) is 115 Å². The van der Waals surface area contributed by atoms with Gasteiger partial charge in [0.2, 0.25) is 11.8 Å². The van der Waals surface area contributed by atoms with E-state index in [1.807, 2.05) is 32.8 Å². The van der Waals surface area contributed by atoms with Crippen molar-refractivity contribution in [1.29, 1.82) is 0 Å². The van der Waals surface area contributed by atoms with E-state index >= 15 is 0 Å². The van der Waals surface area contributed by atoms with E-state index in [-0.39, 0.29) is 42.3 Å². The fourth-order valence-corrected chi connectivity index (χ4v) is 5.20. The quantitative estimate of drug-likeness (QED) is 0.589. The summed E-state index contributed by atoms with van der Waals surface area (Å²) in [7, 11) is 3.70. The van der Waals surface area contributed by atoms with Crippen LogP contribution in [-0.4, -0.2) is 90.8 Å². The summed E-state index contributed by atoms with van der Waals surface area (Å²) in [5.41, 5.74) is 1.04. The minimum Gasteiger partial charge on any atom is -0.363 e. The van der Waals surface area contributed by atoms with Crippen molar-refractivity contribution in [1.82, 2.24) is 25.4 Å². The second-order valence-electron chi connectivity index (χ2n) is 11.3. The minimum atomic E-state index is -0.752. The second kappa shape index (κ2) is 13.1. The molecule has 3 heterocycles. The molecule has 2 N–H and O–H groups in total. The Balaban J connectivity index is 1.64. The molecule has 2 bridgehead atoms. The van der Waals surface area contributed by atoms with Gasteiger partial charge >= 0.3 is 0 Å². The van der Waals surface area contributed by atoms with Crippen molar-refractivity contribution in [2.75, 3.05) is 45.2 Å². The van der Waals surface area contributed by atoms with Gasteiger partial charge in [0.15, 0.2) is 0 Å². The highest BCUT2D eigenvalue weighted by atomic mass is 19.1. The van der Waals surface area contributed by atoms with E-state index in [0.29, 0.717) is 50.2 Å². The molecule has 4 rings (SSSR count). The maximum Gasteiger partial charge on any atom is 0.257 e. The smallest absolute Gasteiger partial charge is 0.257 e. The lowest BCUT2D eigenvalue weighted by molar-refractivity contribution is -0.126. The SMILES string of the molecule is CC(C)[C@@H]1CN(C(=O)c2ccc(N(C)C)nc2)CC(=O)NCCCc2ccc(F)c(c2)C(=O)N2CCC[C@H]2C(=O)N1. The number of anilines is 1. The molecule has 1 saturated heterocycles. The first-order valence-electron chi connectivity index (χ1n) is 14.1. The van der Waals surface area contributed by atoms with E-state index in [4.69, 9.17) is 0 Å². The average molecular weight is 567 g/mol. The number of hydrogen-bond acceptors (Lipinski definition) is 6. The van der Waals surface area contributed by atoms with E-state index in [2.05, 4.69) is 15.6 Å². The van der Waals surface area contributed by atoms with Gasteiger partial charge in [-0.05, 0) is 61.4 Å². The van der Waals surface area contributed by atoms with Crippen molar-refractivity contribution in [2.45, 2.75) is 51.6 Å². The van der Waals surface area contributed by atoms with Gasteiger partial charge in [0.05, 0.1) is 17.7 Å². The third kappa shape index (κ3) is 7.20. The summed E-state index contributed by atoms with van der Waals surface area (Å²) in [5.74, 6) is -1.59. The van der Waals surface area contributed by atoms with Gasteiger partial charge in [0.25, 0.3) is 11.8 Å². The molecule has 1 aromatic heterocycles. The summed E-state index contributed by atoms with van der Waals surface area (Å²) in [6.07, 6.45) is 3.65. The molecule has 220 valence electrons. The van der Waals surface area contributed by atoms with Crippen molar-refractivity contribution >= 4 is 29.4 Å². The molecule has 1 fully saturated rings. The van der Waals surface area contributed by atoms with E-state index < -0.39 is 23.8 Å². The lowest BCUT2D eigenvalue weighted by Gasteiger charge is -2.32. The van der Waals surface area contributed by atoms with Crippen LogP contribution in [0.2, 0.25) is 0 Å². The fraction of sp³-hybridized carbons (Fsp3) is 0.500. The number of aromatic nitrogens is 1. The maximum absolute atomic E-state index is 14.7. The summed E-state index contributed by atoms with van der Waals surface area (Å²) in [5, 5.41) is 5.88. The molecule has 2 aliphatic rings. The Morgan fingerprint density at radius 1 is 1.12 bits per heavy atom. The molecule has 4 amide bonds. The predicted octanol–water partition coefficient (Wildman–Crippen LogP) is 2.24. The van der Waals surface area contributed by atoms with Crippen LogP contribution >= 0.6 is 0 Å². The maximum atomic E-state index is 14.7. The average Bonchev–Trinajstić information content (AvgIpc) is 3.44. The van der Waals surface area contributed by atoms with Crippen LogP contribution in [0.15, 0.2) is 36.5 Å². The molecule has 11 heteroatoms. The fourth-order valence-electron chi connectivity index (χ4n) is 5.20. The van der Waals surface area contributed by atoms with E-state index in [1.54, 1.807) is 18.2 Å². The van der Waals surface area contributed by atoms with Gasteiger partial charge in [-0.25, -0.2) is 9.37 Å². The number of amides is 4. The zero-order valence-corrected chi connectivity index (χ0v) is 24.2. The Morgan fingerprint density at radius 2 is 1.90 bits per heavy atom. The number of fused-ring (bicyclic) bond motifs is 3. The number of hydrogen-bond donors (Lipinski definition) is 2. The van der Waals surface area contributed by atoms with Crippen LogP contribution in [0.25, 0.3) is 0 Å². The second-order valence-corrected chi connectivity index (χ2v) is 11.3. The monoisotopic (exact) mass is 566 g/mol. The van der Waals surface area contributed by atoms with Crippen molar-refractivity contribution in [3.8, 4) is 0 Å². The van der Waals surface area contributed by atoms with Crippen molar-refractivity contribution in [3.63, 3.8) is 0 Å². The molecule has 41 heavy (non-hydrogen) atoms. The van der Waals surface area contributed by atoms with E-state index in [1.165, 1.54) is 28.1 Å². The minimum absolute atomic E-state index is 0.0540. The molecule has 1 aromatic carbocycles. The zero-order valence-electron chi connectivity index (χ0n) is 24.2. The summed E-state index contributed by atoms with van der Waals surface area (Å²) in [6.45, 7) is 4.43. The molecule has 10 nitrogen and oxygen atoms in total. The Bertz CT molecular complexity index is 1280. The molecule has 2 aliphatic heterocycles. The van der Waals surface area contributed by atoms with Gasteiger partial charge in [-0.15, -0.1) is 0 Å². The van der Waals surface area contributed by atoms with Crippen LogP contribution in [0.4, 0.5) is 10.2 Å². The Hall–Kier alpha value is -4.02. The van der Waals surface area contributed by atoms with Crippen LogP contribution in [-0.2, 0) is 16.0 Å². The Labute approximate surface area is 240 Å². The van der Waals surface area contributed by atoms with Gasteiger partial charge in [0, 0.05) is 46.0 Å².